The van der Waals surface area contributed by atoms with Crippen LogP contribution < -0.4 is 22.1 Å². The lowest BCUT2D eigenvalue weighted by molar-refractivity contribution is 1.71. The first-order valence-electron chi connectivity index (χ1n) is 6.88. The third kappa shape index (κ3) is 1.58. The molecule has 0 atom stereocenters. The molecule has 1 aliphatic heterocycles. The molecule has 0 aromatic heterocycles. The molecule has 3 aromatic carbocycles. The Balaban J connectivity index is 1.97. The summed E-state index contributed by atoms with van der Waals surface area (Å²) in [5.41, 5.74) is 13.4. The molecule has 2 heteroatoms. The zero-order chi connectivity index (χ0) is 13.5. The maximum atomic E-state index is 5.81. The summed E-state index contributed by atoms with van der Waals surface area (Å²) < 4.78 is 0. The van der Waals surface area contributed by atoms with Crippen molar-refractivity contribution in [3.05, 3.63) is 72.8 Å². The highest BCUT2D eigenvalue weighted by atomic mass is 14.5. The summed E-state index contributed by atoms with van der Waals surface area (Å²) >= 11 is 0. The molecule has 94 valence electrons. The van der Waals surface area contributed by atoms with Crippen molar-refractivity contribution in [2.75, 3.05) is 5.73 Å². The van der Waals surface area contributed by atoms with Crippen LogP contribution >= 0.6 is 0 Å². The van der Waals surface area contributed by atoms with Crippen LogP contribution in [0.25, 0.3) is 11.1 Å². The van der Waals surface area contributed by atoms with Crippen LogP contribution in [0.5, 0.6) is 0 Å². The fourth-order valence-electron chi connectivity index (χ4n) is 3.20. The van der Waals surface area contributed by atoms with E-state index in [2.05, 4.69) is 60.7 Å². The van der Waals surface area contributed by atoms with Gasteiger partial charge in [0.2, 0.25) is 6.71 Å². The Bertz CT molecular complexity index is 732. The van der Waals surface area contributed by atoms with Crippen molar-refractivity contribution in [1.82, 2.24) is 0 Å². The van der Waals surface area contributed by atoms with Crippen molar-refractivity contribution in [3.63, 3.8) is 0 Å². The number of hydrogen-bond acceptors (Lipinski definition) is 1. The van der Waals surface area contributed by atoms with E-state index in [-0.39, 0.29) is 0 Å². The molecule has 0 aliphatic carbocycles. The lowest BCUT2D eigenvalue weighted by Crippen LogP contribution is -2.48. The van der Waals surface area contributed by atoms with Crippen molar-refractivity contribution in [3.8, 4) is 11.1 Å². The van der Waals surface area contributed by atoms with Gasteiger partial charge in [-0.15, -0.1) is 0 Å². The van der Waals surface area contributed by atoms with E-state index in [1.165, 1.54) is 27.5 Å². The minimum Gasteiger partial charge on any atom is -0.399 e. The molecule has 1 aliphatic rings. The van der Waals surface area contributed by atoms with Crippen LogP contribution in [0, 0.1) is 0 Å². The smallest absolute Gasteiger partial charge is 0.242 e. The molecule has 0 spiro atoms. The van der Waals surface area contributed by atoms with Gasteiger partial charge >= 0.3 is 0 Å². The predicted octanol–water partition coefficient (Wildman–Crippen LogP) is 1.77. The van der Waals surface area contributed by atoms with Crippen molar-refractivity contribution in [2.45, 2.75) is 0 Å². The summed E-state index contributed by atoms with van der Waals surface area (Å²) in [6, 6.07) is 25.6. The first kappa shape index (κ1) is 11.4. The van der Waals surface area contributed by atoms with Gasteiger partial charge in [0.05, 0.1) is 0 Å². The summed E-state index contributed by atoms with van der Waals surface area (Å²) in [5.74, 6) is 0. The molecule has 0 amide bonds. The third-order valence-electron chi connectivity index (χ3n) is 4.10. The standard InChI is InChI=1S/C18H14BN/c20-14-11-9-13(10-12-14)19-17-7-3-1-5-15(17)16-6-2-4-8-18(16)19/h1-12H,20H2. The summed E-state index contributed by atoms with van der Waals surface area (Å²) in [6.45, 7) is 0.322. The van der Waals surface area contributed by atoms with E-state index in [0.29, 0.717) is 6.71 Å². The first-order valence-corrected chi connectivity index (χ1v) is 6.88. The van der Waals surface area contributed by atoms with Crippen molar-refractivity contribution >= 4 is 28.8 Å². The highest BCUT2D eigenvalue weighted by Gasteiger charge is 2.32. The number of hydrogen-bond donors (Lipinski definition) is 1. The molecule has 0 saturated carbocycles. The van der Waals surface area contributed by atoms with Gasteiger partial charge in [-0.05, 0) is 23.3 Å². The van der Waals surface area contributed by atoms with Crippen LogP contribution in [-0.2, 0) is 0 Å². The van der Waals surface area contributed by atoms with E-state index in [4.69, 9.17) is 5.73 Å². The van der Waals surface area contributed by atoms with Gasteiger partial charge in [0.25, 0.3) is 0 Å². The van der Waals surface area contributed by atoms with Crippen LogP contribution in [0.4, 0.5) is 5.69 Å². The highest BCUT2D eigenvalue weighted by Crippen LogP contribution is 2.22. The molecule has 0 radical (unpaired) electrons. The molecule has 4 rings (SSSR count). The van der Waals surface area contributed by atoms with E-state index in [1.54, 1.807) is 0 Å². The fraction of sp³-hybridized carbons (Fsp3) is 0. The zero-order valence-electron chi connectivity index (χ0n) is 11.1. The number of anilines is 1. The maximum Gasteiger partial charge on any atom is 0.242 e. The second-order valence-corrected chi connectivity index (χ2v) is 5.27. The molecule has 20 heavy (non-hydrogen) atoms. The second kappa shape index (κ2) is 4.27. The number of nitrogen functional groups attached to an aromatic ring is 1. The molecule has 0 fully saturated rings. The minimum atomic E-state index is 0.322. The summed E-state index contributed by atoms with van der Waals surface area (Å²) in [5, 5.41) is 0. The average Bonchev–Trinajstić information content (AvgIpc) is 2.83. The van der Waals surface area contributed by atoms with Gasteiger partial charge in [0.1, 0.15) is 0 Å². The van der Waals surface area contributed by atoms with E-state index in [0.717, 1.165) is 5.69 Å². The normalized spacial score (nSPS) is 12.1. The summed E-state index contributed by atoms with van der Waals surface area (Å²) in [7, 11) is 0. The Kier molecular flexibility index (Phi) is 2.43. The van der Waals surface area contributed by atoms with Crippen LogP contribution in [0.15, 0.2) is 72.8 Å². The molecule has 0 unspecified atom stereocenters. The molecule has 1 heterocycles. The quantitative estimate of drug-likeness (QED) is 0.407. The summed E-state index contributed by atoms with van der Waals surface area (Å²) in [6.07, 6.45) is 0. The van der Waals surface area contributed by atoms with Crippen LogP contribution in [-0.4, -0.2) is 6.71 Å². The highest BCUT2D eigenvalue weighted by molar-refractivity contribution is 6.99. The Morgan fingerprint density at radius 3 is 1.65 bits per heavy atom. The van der Waals surface area contributed by atoms with Crippen molar-refractivity contribution in [2.24, 2.45) is 0 Å². The largest absolute Gasteiger partial charge is 0.399 e. The zero-order valence-corrected chi connectivity index (χ0v) is 11.1. The van der Waals surface area contributed by atoms with Crippen LogP contribution in [0.1, 0.15) is 0 Å². The number of rotatable bonds is 1. The van der Waals surface area contributed by atoms with Gasteiger partial charge in [-0.3, -0.25) is 0 Å². The molecule has 2 N–H and O–H groups in total. The maximum absolute atomic E-state index is 5.81. The van der Waals surface area contributed by atoms with Gasteiger partial charge in [0.15, 0.2) is 0 Å². The average molecular weight is 255 g/mol. The number of nitrogens with two attached hydrogens (primary N) is 1. The van der Waals surface area contributed by atoms with Gasteiger partial charge in [-0.2, -0.15) is 0 Å². The van der Waals surface area contributed by atoms with Gasteiger partial charge < -0.3 is 5.73 Å². The fourth-order valence-corrected chi connectivity index (χ4v) is 3.20. The van der Waals surface area contributed by atoms with Crippen LogP contribution in [0.3, 0.4) is 0 Å². The predicted molar refractivity (Wildman–Crippen MR) is 87.4 cm³/mol. The Hall–Kier alpha value is -2.48. The van der Waals surface area contributed by atoms with E-state index in [9.17, 15) is 0 Å². The molecular formula is C18H14BN. The van der Waals surface area contributed by atoms with Gasteiger partial charge in [0, 0.05) is 5.69 Å². The monoisotopic (exact) mass is 255 g/mol. The number of fused-ring (bicyclic) bond motifs is 3. The van der Waals surface area contributed by atoms with Crippen molar-refractivity contribution in [1.29, 1.82) is 0 Å². The first-order chi connectivity index (χ1) is 9.84. The molecule has 1 nitrogen and oxygen atoms in total. The van der Waals surface area contributed by atoms with Crippen molar-refractivity contribution < 1.29 is 0 Å². The van der Waals surface area contributed by atoms with E-state index < -0.39 is 0 Å². The number of benzene rings is 3. The lowest BCUT2D eigenvalue weighted by Gasteiger charge is -2.10. The Morgan fingerprint density at radius 2 is 1.10 bits per heavy atom. The lowest BCUT2D eigenvalue weighted by atomic mass is 9.39. The van der Waals surface area contributed by atoms with E-state index in [1.807, 2.05) is 12.1 Å². The minimum absolute atomic E-state index is 0.322. The second-order valence-electron chi connectivity index (χ2n) is 5.27. The topological polar surface area (TPSA) is 26.0 Å². The van der Waals surface area contributed by atoms with Gasteiger partial charge in [-0.25, -0.2) is 0 Å². The SMILES string of the molecule is Nc1ccc(B2c3ccccc3-c3ccccc32)cc1. The summed E-state index contributed by atoms with van der Waals surface area (Å²) in [4.78, 5) is 0. The molecule has 0 bridgehead atoms. The Morgan fingerprint density at radius 1 is 0.600 bits per heavy atom. The molecule has 0 saturated heterocycles. The van der Waals surface area contributed by atoms with Gasteiger partial charge in [-0.1, -0.05) is 77.1 Å². The van der Waals surface area contributed by atoms with E-state index >= 15 is 0 Å². The molecule has 3 aromatic rings. The van der Waals surface area contributed by atoms with Crippen LogP contribution in [0.2, 0.25) is 0 Å². The molecular weight excluding hydrogens is 241 g/mol. The Labute approximate surface area is 119 Å². The third-order valence-corrected chi connectivity index (χ3v) is 4.10.